The molecule has 1 fully saturated rings. The molecular weight excluding hydrogens is 293 g/mol. The van der Waals surface area contributed by atoms with Crippen molar-refractivity contribution in [2.24, 2.45) is 0 Å². The quantitative estimate of drug-likeness (QED) is 0.660. The first kappa shape index (κ1) is 15.7. The number of nitrogens with one attached hydrogen (secondary N) is 1. The topological polar surface area (TPSA) is 34.2 Å². The molecule has 1 aromatic heterocycles. The van der Waals surface area contributed by atoms with Gasteiger partial charge in [0.25, 0.3) is 0 Å². The lowest BCUT2D eigenvalue weighted by molar-refractivity contribution is 0.00578. The van der Waals surface area contributed by atoms with E-state index in [4.69, 9.17) is 9.31 Å². The molecule has 2 heterocycles. The number of benzene rings is 1. The summed E-state index contributed by atoms with van der Waals surface area (Å²) in [5.74, 6) is 0.597. The van der Waals surface area contributed by atoms with Crippen LogP contribution in [0.4, 0.5) is 0 Å². The molecule has 0 amide bonds. The van der Waals surface area contributed by atoms with Crippen molar-refractivity contribution in [1.29, 1.82) is 0 Å². The van der Waals surface area contributed by atoms with E-state index >= 15 is 0 Å². The summed E-state index contributed by atoms with van der Waals surface area (Å²) in [6.07, 6.45) is 4.06. The largest absolute Gasteiger partial charge is 0.491 e. The van der Waals surface area contributed by atoms with Crippen LogP contribution in [-0.2, 0) is 9.31 Å². The Bertz CT molecular complexity index is 704. The minimum absolute atomic E-state index is 0.330. The first-order valence-electron chi connectivity index (χ1n) is 7.56. The SMILES string of the molecule is CC1(C)OB(C(=Cc2ccc3cc[nH]c3c2)CS)OC1(C)C. The molecule has 0 radical (unpaired) electrons. The summed E-state index contributed by atoms with van der Waals surface area (Å²) >= 11 is 4.46. The van der Waals surface area contributed by atoms with Gasteiger partial charge in [-0.25, -0.2) is 0 Å². The zero-order valence-electron chi connectivity index (χ0n) is 13.5. The number of hydrogen-bond acceptors (Lipinski definition) is 3. The highest BCUT2D eigenvalue weighted by molar-refractivity contribution is 7.80. The van der Waals surface area contributed by atoms with Gasteiger partial charge in [0.1, 0.15) is 0 Å². The highest BCUT2D eigenvalue weighted by Crippen LogP contribution is 2.39. The van der Waals surface area contributed by atoms with E-state index in [1.807, 2.05) is 6.20 Å². The van der Waals surface area contributed by atoms with Gasteiger partial charge in [-0.2, -0.15) is 12.6 Å². The van der Waals surface area contributed by atoms with E-state index in [1.165, 1.54) is 5.39 Å². The van der Waals surface area contributed by atoms with Crippen molar-refractivity contribution in [3.8, 4) is 0 Å². The second kappa shape index (κ2) is 5.48. The van der Waals surface area contributed by atoms with Crippen LogP contribution in [0.5, 0.6) is 0 Å². The zero-order chi connectivity index (χ0) is 16.0. The third-order valence-corrected chi connectivity index (χ3v) is 5.03. The van der Waals surface area contributed by atoms with Crippen LogP contribution in [0.25, 0.3) is 17.0 Å². The second-order valence-electron chi connectivity index (χ2n) is 6.79. The lowest BCUT2D eigenvalue weighted by Gasteiger charge is -2.32. The number of thiol groups is 1. The van der Waals surface area contributed by atoms with E-state index in [2.05, 4.69) is 75.6 Å². The highest BCUT2D eigenvalue weighted by Gasteiger charge is 2.52. The molecule has 0 saturated carbocycles. The molecule has 1 aromatic carbocycles. The molecule has 3 nitrogen and oxygen atoms in total. The van der Waals surface area contributed by atoms with E-state index in [0.717, 1.165) is 16.6 Å². The summed E-state index contributed by atoms with van der Waals surface area (Å²) in [7, 11) is -0.346. The van der Waals surface area contributed by atoms with Crippen LogP contribution < -0.4 is 0 Å². The average Bonchev–Trinajstić information content (AvgIpc) is 2.98. The minimum Gasteiger partial charge on any atom is -0.400 e. The van der Waals surface area contributed by atoms with Gasteiger partial charge in [0.05, 0.1) is 11.2 Å². The predicted octanol–water partition coefficient (Wildman–Crippen LogP) is 4.11. The molecule has 0 spiro atoms. The zero-order valence-corrected chi connectivity index (χ0v) is 14.4. The van der Waals surface area contributed by atoms with E-state index < -0.39 is 0 Å². The van der Waals surface area contributed by atoms with Crippen molar-refractivity contribution < 1.29 is 9.31 Å². The fraction of sp³-hybridized carbons (Fsp3) is 0.412. The Labute approximate surface area is 137 Å². The number of aromatic nitrogens is 1. The summed E-state index contributed by atoms with van der Waals surface area (Å²) in [4.78, 5) is 3.24. The molecular formula is C17H22BNO2S. The fourth-order valence-corrected chi connectivity index (χ4v) is 2.79. The summed E-state index contributed by atoms with van der Waals surface area (Å²) in [5.41, 5.74) is 2.62. The molecule has 1 aliphatic rings. The van der Waals surface area contributed by atoms with Gasteiger partial charge >= 0.3 is 7.12 Å². The van der Waals surface area contributed by atoms with Crippen LogP contribution in [0.2, 0.25) is 0 Å². The summed E-state index contributed by atoms with van der Waals surface area (Å²) in [6.45, 7) is 8.25. The van der Waals surface area contributed by atoms with Crippen molar-refractivity contribution in [3.63, 3.8) is 0 Å². The van der Waals surface area contributed by atoms with E-state index in [1.54, 1.807) is 0 Å². The summed E-state index contributed by atoms with van der Waals surface area (Å²) < 4.78 is 12.2. The van der Waals surface area contributed by atoms with Crippen LogP contribution in [0, 0.1) is 0 Å². The second-order valence-corrected chi connectivity index (χ2v) is 7.11. The van der Waals surface area contributed by atoms with Crippen LogP contribution in [0.3, 0.4) is 0 Å². The normalized spacial score (nSPS) is 20.8. The number of aromatic amines is 1. The number of rotatable bonds is 3. The molecule has 1 N–H and O–H groups in total. The maximum absolute atomic E-state index is 6.11. The molecule has 1 saturated heterocycles. The Morgan fingerprint density at radius 3 is 2.50 bits per heavy atom. The van der Waals surface area contributed by atoms with Crippen LogP contribution >= 0.6 is 12.6 Å². The van der Waals surface area contributed by atoms with E-state index in [-0.39, 0.29) is 18.3 Å². The van der Waals surface area contributed by atoms with Gasteiger partial charge in [-0.15, -0.1) is 0 Å². The van der Waals surface area contributed by atoms with Crippen molar-refractivity contribution in [3.05, 3.63) is 41.5 Å². The van der Waals surface area contributed by atoms with Gasteiger partial charge in [-0.05, 0) is 56.2 Å². The van der Waals surface area contributed by atoms with Crippen molar-refractivity contribution in [1.82, 2.24) is 4.98 Å². The first-order valence-corrected chi connectivity index (χ1v) is 8.20. The summed E-state index contributed by atoms with van der Waals surface area (Å²) in [5, 5.41) is 1.21. The molecule has 0 atom stereocenters. The Balaban J connectivity index is 1.90. The lowest BCUT2D eigenvalue weighted by Crippen LogP contribution is -2.41. The Morgan fingerprint density at radius 1 is 1.18 bits per heavy atom. The van der Waals surface area contributed by atoms with Crippen LogP contribution in [0.1, 0.15) is 33.3 Å². The monoisotopic (exact) mass is 315 g/mol. The lowest BCUT2D eigenvalue weighted by atomic mass is 9.78. The van der Waals surface area contributed by atoms with E-state index in [9.17, 15) is 0 Å². The Kier molecular flexibility index (Phi) is 3.92. The van der Waals surface area contributed by atoms with Gasteiger partial charge in [0, 0.05) is 17.5 Å². The third kappa shape index (κ3) is 2.73. The molecule has 0 unspecified atom stereocenters. The Hall–Kier alpha value is -1.17. The molecule has 116 valence electrons. The predicted molar refractivity (Wildman–Crippen MR) is 96.2 cm³/mol. The molecule has 5 heteroatoms. The van der Waals surface area contributed by atoms with Crippen molar-refractivity contribution >= 4 is 36.7 Å². The van der Waals surface area contributed by atoms with Crippen LogP contribution in [0.15, 0.2) is 35.9 Å². The molecule has 2 aromatic rings. The van der Waals surface area contributed by atoms with Gasteiger partial charge < -0.3 is 14.3 Å². The Morgan fingerprint density at radius 2 is 1.86 bits per heavy atom. The molecule has 0 aliphatic carbocycles. The van der Waals surface area contributed by atoms with Gasteiger partial charge in [0.2, 0.25) is 0 Å². The first-order chi connectivity index (χ1) is 10.3. The molecule has 3 rings (SSSR count). The highest BCUT2D eigenvalue weighted by atomic mass is 32.1. The van der Waals surface area contributed by atoms with Crippen LogP contribution in [-0.4, -0.2) is 29.1 Å². The smallest absolute Gasteiger partial charge is 0.400 e. The number of fused-ring (bicyclic) bond motifs is 1. The van der Waals surface area contributed by atoms with Gasteiger partial charge in [0.15, 0.2) is 0 Å². The average molecular weight is 315 g/mol. The summed E-state index contributed by atoms with van der Waals surface area (Å²) in [6, 6.07) is 8.41. The van der Waals surface area contributed by atoms with Gasteiger partial charge in [-0.1, -0.05) is 18.2 Å². The minimum atomic E-state index is -0.346. The van der Waals surface area contributed by atoms with Crippen molar-refractivity contribution in [2.45, 2.75) is 38.9 Å². The number of hydrogen-bond donors (Lipinski definition) is 2. The molecule has 22 heavy (non-hydrogen) atoms. The standard InChI is InChI=1S/C17H22BNO2S/c1-16(2)17(3,4)21-18(20-16)14(11-22)9-12-5-6-13-7-8-19-15(13)10-12/h5-10,19,22H,11H2,1-4H3. The fourth-order valence-electron chi connectivity index (χ4n) is 2.55. The van der Waals surface area contributed by atoms with Crippen molar-refractivity contribution in [2.75, 3.05) is 5.75 Å². The maximum Gasteiger partial charge on any atom is 0.491 e. The number of H-pyrrole nitrogens is 1. The molecule has 1 aliphatic heterocycles. The van der Waals surface area contributed by atoms with Gasteiger partial charge in [-0.3, -0.25) is 0 Å². The third-order valence-electron chi connectivity index (χ3n) is 4.67. The van der Waals surface area contributed by atoms with E-state index in [0.29, 0.717) is 5.75 Å². The maximum atomic E-state index is 6.11. The molecule has 0 bridgehead atoms.